The first-order chi connectivity index (χ1) is 17.5. The number of nitrogens with one attached hydrogen (secondary N) is 1. The van der Waals surface area contributed by atoms with Crippen LogP contribution in [0.5, 0.6) is 0 Å². The lowest BCUT2D eigenvalue weighted by Crippen LogP contribution is -2.28. The first-order valence-electron chi connectivity index (χ1n) is 12.1. The number of amides is 1. The molecule has 0 aliphatic heterocycles. The summed E-state index contributed by atoms with van der Waals surface area (Å²) >= 11 is 6.15. The zero-order chi connectivity index (χ0) is 25.1. The Kier molecular flexibility index (Phi) is 6.96. The molecule has 182 valence electrons. The molecule has 0 spiro atoms. The molecular formula is C29H26ClFN4O. The van der Waals surface area contributed by atoms with Gasteiger partial charge in [-0.05, 0) is 98.4 Å². The summed E-state index contributed by atoms with van der Waals surface area (Å²) < 4.78 is 15.4. The SMILES string of the molecule is C[C@@H](NC(=O)c1nn(-c2ccc(Cl)cc2)c2c1CCCC/C2=C\c1ccc(F)cc1)c1ccccn1. The van der Waals surface area contributed by atoms with Crippen LogP contribution in [0.2, 0.25) is 5.02 Å². The highest BCUT2D eigenvalue weighted by Crippen LogP contribution is 2.35. The van der Waals surface area contributed by atoms with Gasteiger partial charge in [-0.2, -0.15) is 5.10 Å². The van der Waals surface area contributed by atoms with Crippen molar-refractivity contribution in [2.24, 2.45) is 0 Å². The van der Waals surface area contributed by atoms with E-state index in [0.29, 0.717) is 10.7 Å². The Balaban J connectivity index is 1.61. The minimum atomic E-state index is -0.272. The van der Waals surface area contributed by atoms with Crippen LogP contribution in [-0.2, 0) is 6.42 Å². The number of carbonyl (C=O) groups is 1. The Labute approximate surface area is 214 Å². The molecular weight excluding hydrogens is 475 g/mol. The van der Waals surface area contributed by atoms with E-state index in [9.17, 15) is 9.18 Å². The van der Waals surface area contributed by atoms with E-state index in [1.165, 1.54) is 12.1 Å². The molecule has 0 radical (unpaired) electrons. The zero-order valence-corrected chi connectivity index (χ0v) is 20.7. The van der Waals surface area contributed by atoms with Gasteiger partial charge in [0.05, 0.1) is 23.1 Å². The van der Waals surface area contributed by atoms with E-state index in [1.807, 2.05) is 54.1 Å². The van der Waals surface area contributed by atoms with Gasteiger partial charge < -0.3 is 5.32 Å². The molecule has 1 N–H and O–H groups in total. The maximum atomic E-state index is 13.5. The van der Waals surface area contributed by atoms with Gasteiger partial charge in [0.2, 0.25) is 0 Å². The fraction of sp³-hybridized carbons (Fsp3) is 0.207. The molecule has 0 saturated heterocycles. The average Bonchev–Trinajstić information content (AvgIpc) is 3.15. The van der Waals surface area contributed by atoms with Crippen LogP contribution in [0.25, 0.3) is 17.3 Å². The number of aromatic nitrogens is 3. The van der Waals surface area contributed by atoms with Gasteiger partial charge in [-0.25, -0.2) is 9.07 Å². The highest BCUT2D eigenvalue weighted by atomic mass is 35.5. The van der Waals surface area contributed by atoms with Crippen LogP contribution in [0, 0.1) is 5.82 Å². The maximum Gasteiger partial charge on any atom is 0.272 e. The Morgan fingerprint density at radius 2 is 1.81 bits per heavy atom. The van der Waals surface area contributed by atoms with Gasteiger partial charge in [-0.3, -0.25) is 9.78 Å². The van der Waals surface area contributed by atoms with Gasteiger partial charge in [-0.1, -0.05) is 29.8 Å². The van der Waals surface area contributed by atoms with E-state index < -0.39 is 0 Å². The maximum absolute atomic E-state index is 13.5. The summed E-state index contributed by atoms with van der Waals surface area (Å²) in [6.45, 7) is 1.91. The zero-order valence-electron chi connectivity index (χ0n) is 19.9. The van der Waals surface area contributed by atoms with Crippen molar-refractivity contribution in [1.82, 2.24) is 20.1 Å². The van der Waals surface area contributed by atoms with Crippen LogP contribution in [0.1, 0.15) is 65.2 Å². The smallest absolute Gasteiger partial charge is 0.272 e. The number of fused-ring (bicyclic) bond motifs is 1. The van der Waals surface area contributed by atoms with Crippen LogP contribution in [-0.4, -0.2) is 20.7 Å². The van der Waals surface area contributed by atoms with Gasteiger partial charge in [0.1, 0.15) is 5.82 Å². The molecule has 1 atom stereocenters. The van der Waals surface area contributed by atoms with Crippen molar-refractivity contribution >= 4 is 29.2 Å². The summed E-state index contributed by atoms with van der Waals surface area (Å²) in [6, 6.07) is 19.2. The van der Waals surface area contributed by atoms with Gasteiger partial charge in [0.15, 0.2) is 5.69 Å². The number of carbonyl (C=O) groups excluding carboxylic acids is 1. The lowest BCUT2D eigenvalue weighted by molar-refractivity contribution is 0.0932. The summed E-state index contributed by atoms with van der Waals surface area (Å²) in [7, 11) is 0. The van der Waals surface area contributed by atoms with E-state index in [2.05, 4.69) is 16.4 Å². The van der Waals surface area contributed by atoms with Crippen LogP contribution in [0.4, 0.5) is 4.39 Å². The lowest BCUT2D eigenvalue weighted by Gasteiger charge is -2.13. The standard InChI is InChI=1S/C29H26ClFN4O/c1-19(26-8-4-5-17-32-26)33-29(36)27-25-7-3-2-6-21(18-20-9-13-23(31)14-10-20)28(25)35(34-27)24-15-11-22(30)12-16-24/h4-5,8-19H,2-3,6-7H2,1H3,(H,33,36)/b21-18+/t19-/m1/s1. The molecule has 1 aliphatic carbocycles. The first-order valence-corrected chi connectivity index (χ1v) is 12.4. The summed E-state index contributed by atoms with van der Waals surface area (Å²) in [5.41, 5.74) is 5.81. The monoisotopic (exact) mass is 500 g/mol. The van der Waals surface area contributed by atoms with Crippen LogP contribution in [0.15, 0.2) is 72.9 Å². The fourth-order valence-corrected chi connectivity index (χ4v) is 4.70. The second kappa shape index (κ2) is 10.5. The highest BCUT2D eigenvalue weighted by molar-refractivity contribution is 6.30. The van der Waals surface area contributed by atoms with Crippen molar-refractivity contribution in [3.8, 4) is 5.69 Å². The number of pyridine rings is 1. The van der Waals surface area contributed by atoms with Crippen molar-refractivity contribution in [1.29, 1.82) is 0 Å². The lowest BCUT2D eigenvalue weighted by atomic mass is 10.0. The minimum Gasteiger partial charge on any atom is -0.343 e. The molecule has 5 nitrogen and oxygen atoms in total. The topological polar surface area (TPSA) is 59.8 Å². The van der Waals surface area contributed by atoms with Crippen LogP contribution >= 0.6 is 11.6 Å². The second-order valence-corrected chi connectivity index (χ2v) is 9.38. The molecule has 4 aromatic rings. The predicted molar refractivity (Wildman–Crippen MR) is 141 cm³/mol. The summed E-state index contributed by atoms with van der Waals surface area (Å²) in [6.07, 6.45) is 7.27. The van der Waals surface area contributed by atoms with Gasteiger partial charge >= 0.3 is 0 Å². The average molecular weight is 501 g/mol. The molecule has 2 heterocycles. The van der Waals surface area contributed by atoms with Gasteiger partial charge in [0.25, 0.3) is 5.91 Å². The number of hydrogen-bond donors (Lipinski definition) is 1. The molecule has 0 saturated carbocycles. The van der Waals surface area contributed by atoms with E-state index >= 15 is 0 Å². The molecule has 0 unspecified atom stereocenters. The third-order valence-electron chi connectivity index (χ3n) is 6.39. The largest absolute Gasteiger partial charge is 0.343 e. The number of allylic oxidation sites excluding steroid dienone is 1. The Bertz CT molecular complexity index is 1400. The number of benzene rings is 2. The van der Waals surface area contributed by atoms with Crippen molar-refractivity contribution < 1.29 is 9.18 Å². The third-order valence-corrected chi connectivity index (χ3v) is 6.64. The first kappa shape index (κ1) is 23.9. The number of hydrogen-bond acceptors (Lipinski definition) is 3. The molecule has 0 bridgehead atoms. The number of rotatable bonds is 5. The van der Waals surface area contributed by atoms with E-state index in [0.717, 1.165) is 59.5 Å². The molecule has 2 aromatic carbocycles. The molecule has 36 heavy (non-hydrogen) atoms. The van der Waals surface area contributed by atoms with E-state index in [4.69, 9.17) is 16.7 Å². The van der Waals surface area contributed by atoms with Crippen molar-refractivity contribution in [2.75, 3.05) is 0 Å². The Hall–Kier alpha value is -3.77. The van der Waals surface area contributed by atoms with Gasteiger partial charge in [-0.15, -0.1) is 0 Å². The summed E-state index contributed by atoms with van der Waals surface area (Å²) in [5.74, 6) is -0.508. The molecule has 5 rings (SSSR count). The minimum absolute atomic E-state index is 0.236. The van der Waals surface area contributed by atoms with Crippen molar-refractivity contribution in [3.63, 3.8) is 0 Å². The van der Waals surface area contributed by atoms with Crippen molar-refractivity contribution in [2.45, 2.75) is 38.6 Å². The molecule has 1 aliphatic rings. The highest BCUT2D eigenvalue weighted by Gasteiger charge is 2.28. The fourth-order valence-electron chi connectivity index (χ4n) is 4.58. The molecule has 0 fully saturated rings. The third kappa shape index (κ3) is 5.09. The normalized spacial score (nSPS) is 15.2. The quantitative estimate of drug-likeness (QED) is 0.306. The van der Waals surface area contributed by atoms with Crippen LogP contribution in [0.3, 0.4) is 0 Å². The summed E-state index contributed by atoms with van der Waals surface area (Å²) in [4.78, 5) is 17.9. The van der Waals surface area contributed by atoms with Gasteiger partial charge in [0, 0.05) is 16.8 Å². The molecule has 2 aromatic heterocycles. The molecule has 7 heteroatoms. The van der Waals surface area contributed by atoms with E-state index in [1.54, 1.807) is 18.3 Å². The Morgan fingerprint density at radius 3 is 2.53 bits per heavy atom. The Morgan fingerprint density at radius 1 is 1.06 bits per heavy atom. The van der Waals surface area contributed by atoms with Crippen molar-refractivity contribution in [3.05, 3.63) is 112 Å². The number of nitrogens with zero attached hydrogens (tertiary/aromatic N) is 3. The predicted octanol–water partition coefficient (Wildman–Crippen LogP) is 6.82. The summed E-state index contributed by atoms with van der Waals surface area (Å²) in [5, 5.41) is 8.52. The van der Waals surface area contributed by atoms with E-state index in [-0.39, 0.29) is 17.8 Å². The second-order valence-electron chi connectivity index (χ2n) is 8.94. The molecule has 1 amide bonds. The number of halogens is 2. The van der Waals surface area contributed by atoms with Crippen LogP contribution < -0.4 is 5.32 Å².